The molecule has 1 N–H and O–H groups in total. The fourth-order valence-corrected chi connectivity index (χ4v) is 2.44. The first-order valence-corrected chi connectivity index (χ1v) is 6.74. The Hall–Kier alpha value is -1.56. The summed E-state index contributed by atoms with van der Waals surface area (Å²) in [5.74, 6) is -0.0697. The second kappa shape index (κ2) is 5.61. The first kappa shape index (κ1) is 15.5. The minimum atomic E-state index is -0.543. The fraction of sp³-hybridized carbons (Fsp3) is 0.538. The van der Waals surface area contributed by atoms with Gasteiger partial charge in [-0.15, -0.1) is 11.3 Å². The Balaban J connectivity index is 2.79. The Kier molecular flexibility index (Phi) is 4.57. The molecule has 0 fully saturated rings. The van der Waals surface area contributed by atoms with E-state index in [0.29, 0.717) is 9.88 Å². The molecule has 1 aromatic rings. The van der Waals surface area contributed by atoms with E-state index in [1.54, 1.807) is 40.9 Å². The lowest BCUT2D eigenvalue weighted by atomic mass is 10.2. The number of carbonyl (C=O) groups is 2. The molecule has 0 atom stereocenters. The van der Waals surface area contributed by atoms with E-state index in [1.807, 2.05) is 6.92 Å². The number of carbonyl (C=O) groups excluding carboxylic acids is 2. The molecule has 1 heterocycles. The smallest absolute Gasteiger partial charge is 0.412 e. The third-order valence-corrected chi connectivity index (χ3v) is 3.28. The van der Waals surface area contributed by atoms with Gasteiger partial charge in [0.05, 0.1) is 9.88 Å². The quantitative estimate of drug-likeness (QED) is 0.907. The van der Waals surface area contributed by atoms with Crippen LogP contribution in [0.5, 0.6) is 0 Å². The highest BCUT2D eigenvalue weighted by atomic mass is 32.1. The van der Waals surface area contributed by atoms with Crippen molar-refractivity contribution < 1.29 is 14.3 Å². The summed E-state index contributed by atoms with van der Waals surface area (Å²) in [5.41, 5.74) is 0.299. The van der Waals surface area contributed by atoms with E-state index in [1.165, 1.54) is 16.2 Å². The molecule has 19 heavy (non-hydrogen) atoms. The van der Waals surface area contributed by atoms with Gasteiger partial charge in [0.25, 0.3) is 5.91 Å². The number of aryl methyl sites for hydroxylation is 1. The first-order valence-electron chi connectivity index (χ1n) is 5.92. The maximum absolute atomic E-state index is 11.9. The van der Waals surface area contributed by atoms with E-state index in [-0.39, 0.29) is 5.91 Å². The Morgan fingerprint density at radius 2 is 1.89 bits per heavy atom. The summed E-state index contributed by atoms with van der Waals surface area (Å²) in [5, 5.41) is 3.25. The van der Waals surface area contributed by atoms with Crippen molar-refractivity contribution in [1.29, 1.82) is 0 Å². The van der Waals surface area contributed by atoms with E-state index in [2.05, 4.69) is 5.32 Å². The lowest BCUT2D eigenvalue weighted by Gasteiger charge is -2.19. The molecule has 0 saturated carbocycles. The van der Waals surface area contributed by atoms with Gasteiger partial charge < -0.3 is 9.64 Å². The van der Waals surface area contributed by atoms with Crippen molar-refractivity contribution in [1.82, 2.24) is 4.90 Å². The second-order valence-corrected chi connectivity index (χ2v) is 6.50. The van der Waals surface area contributed by atoms with Crippen LogP contribution in [0.1, 0.15) is 36.0 Å². The monoisotopic (exact) mass is 284 g/mol. The second-order valence-electron chi connectivity index (χ2n) is 5.45. The number of ether oxygens (including phenoxy) is 1. The van der Waals surface area contributed by atoms with Crippen LogP contribution in [-0.4, -0.2) is 36.6 Å². The molecule has 0 aliphatic rings. The van der Waals surface area contributed by atoms with E-state index in [4.69, 9.17) is 4.74 Å². The van der Waals surface area contributed by atoms with Crippen molar-refractivity contribution >= 4 is 28.3 Å². The zero-order valence-corrected chi connectivity index (χ0v) is 13.0. The van der Waals surface area contributed by atoms with Crippen molar-refractivity contribution in [3.8, 4) is 0 Å². The van der Waals surface area contributed by atoms with Crippen LogP contribution < -0.4 is 5.32 Å². The summed E-state index contributed by atoms with van der Waals surface area (Å²) in [6, 6.07) is 1.77. The van der Waals surface area contributed by atoms with Crippen LogP contribution in [0.2, 0.25) is 0 Å². The molecule has 0 spiro atoms. The molecule has 106 valence electrons. The number of amides is 2. The topological polar surface area (TPSA) is 58.6 Å². The molecule has 5 nitrogen and oxygen atoms in total. The number of nitrogens with one attached hydrogen (secondary N) is 1. The van der Waals surface area contributed by atoms with Crippen molar-refractivity contribution in [3.05, 3.63) is 16.5 Å². The maximum Gasteiger partial charge on any atom is 0.412 e. The van der Waals surface area contributed by atoms with Gasteiger partial charge >= 0.3 is 6.09 Å². The molecule has 0 aromatic carbocycles. The highest BCUT2D eigenvalue weighted by molar-refractivity contribution is 7.18. The molecule has 0 aliphatic heterocycles. The number of hydrogen-bond donors (Lipinski definition) is 1. The Labute approximate surface area is 117 Å². The molecule has 1 aromatic heterocycles. The molecular formula is C13H20N2O3S. The fourth-order valence-electron chi connectivity index (χ4n) is 1.36. The summed E-state index contributed by atoms with van der Waals surface area (Å²) in [7, 11) is 3.39. The van der Waals surface area contributed by atoms with Crippen molar-refractivity contribution in [2.45, 2.75) is 33.3 Å². The van der Waals surface area contributed by atoms with Gasteiger partial charge in [-0.05, 0) is 39.3 Å². The normalized spacial score (nSPS) is 11.1. The highest BCUT2D eigenvalue weighted by Crippen LogP contribution is 2.27. The van der Waals surface area contributed by atoms with Crippen LogP contribution in [0.15, 0.2) is 6.07 Å². The predicted molar refractivity (Wildman–Crippen MR) is 76.9 cm³/mol. The number of thiophene rings is 1. The minimum absolute atomic E-state index is 0.0697. The lowest BCUT2D eigenvalue weighted by Crippen LogP contribution is -2.26. The van der Waals surface area contributed by atoms with E-state index in [9.17, 15) is 9.59 Å². The molecule has 2 amide bonds. The molecule has 0 saturated heterocycles. The molecule has 6 heteroatoms. The largest absolute Gasteiger partial charge is 0.444 e. The van der Waals surface area contributed by atoms with Gasteiger partial charge in [0.15, 0.2) is 0 Å². The zero-order chi connectivity index (χ0) is 14.8. The summed E-state index contributed by atoms with van der Waals surface area (Å²) in [6.45, 7) is 7.24. The molecule has 0 radical (unpaired) electrons. The van der Waals surface area contributed by atoms with Gasteiger partial charge in [0.2, 0.25) is 0 Å². The third kappa shape index (κ3) is 4.55. The Bertz CT molecular complexity index is 487. The molecular weight excluding hydrogens is 264 g/mol. The number of nitrogens with zero attached hydrogens (tertiary/aromatic N) is 1. The number of rotatable bonds is 2. The van der Waals surface area contributed by atoms with E-state index in [0.717, 1.165) is 5.56 Å². The first-order chi connectivity index (χ1) is 8.60. The average Bonchev–Trinajstić information content (AvgIpc) is 2.54. The van der Waals surface area contributed by atoms with Crippen molar-refractivity contribution in [2.24, 2.45) is 0 Å². The van der Waals surface area contributed by atoms with Crippen molar-refractivity contribution in [2.75, 3.05) is 19.4 Å². The zero-order valence-electron chi connectivity index (χ0n) is 12.2. The summed E-state index contributed by atoms with van der Waals surface area (Å²) in [6.07, 6.45) is -0.516. The Morgan fingerprint density at radius 1 is 1.32 bits per heavy atom. The van der Waals surface area contributed by atoms with Crippen LogP contribution in [0, 0.1) is 6.92 Å². The van der Waals surface area contributed by atoms with Crippen molar-refractivity contribution in [3.63, 3.8) is 0 Å². The standard InChI is InChI=1S/C13H20N2O3S/c1-8-7-9(14-12(17)18-13(2,3)4)19-10(8)11(16)15(5)6/h7H,1-6H3,(H,14,17). The van der Waals surface area contributed by atoms with Gasteiger partial charge in [-0.2, -0.15) is 0 Å². The SMILES string of the molecule is Cc1cc(NC(=O)OC(C)(C)C)sc1C(=O)N(C)C. The molecule has 1 rings (SSSR count). The lowest BCUT2D eigenvalue weighted by molar-refractivity contribution is 0.0636. The summed E-state index contributed by atoms with van der Waals surface area (Å²) < 4.78 is 5.16. The number of hydrogen-bond acceptors (Lipinski definition) is 4. The average molecular weight is 284 g/mol. The molecule has 0 aliphatic carbocycles. The van der Waals surface area contributed by atoms with Gasteiger partial charge in [0.1, 0.15) is 5.60 Å². The van der Waals surface area contributed by atoms with Gasteiger partial charge in [-0.3, -0.25) is 10.1 Å². The highest BCUT2D eigenvalue weighted by Gasteiger charge is 2.19. The minimum Gasteiger partial charge on any atom is -0.444 e. The van der Waals surface area contributed by atoms with E-state index < -0.39 is 11.7 Å². The van der Waals surface area contributed by atoms with Gasteiger partial charge in [-0.25, -0.2) is 4.79 Å². The summed E-state index contributed by atoms with van der Waals surface area (Å²) in [4.78, 5) is 25.6. The van der Waals surface area contributed by atoms with Crippen LogP contribution in [0.3, 0.4) is 0 Å². The number of anilines is 1. The van der Waals surface area contributed by atoms with Crippen LogP contribution >= 0.6 is 11.3 Å². The van der Waals surface area contributed by atoms with Crippen LogP contribution in [0.4, 0.5) is 9.80 Å². The molecule has 0 unspecified atom stereocenters. The van der Waals surface area contributed by atoms with Gasteiger partial charge in [-0.1, -0.05) is 0 Å². The Morgan fingerprint density at radius 3 is 2.37 bits per heavy atom. The maximum atomic E-state index is 11.9. The van der Waals surface area contributed by atoms with E-state index >= 15 is 0 Å². The summed E-state index contributed by atoms with van der Waals surface area (Å²) >= 11 is 1.25. The van der Waals surface area contributed by atoms with Crippen LogP contribution in [0.25, 0.3) is 0 Å². The third-order valence-electron chi connectivity index (χ3n) is 2.14. The predicted octanol–water partition coefficient (Wildman–Crippen LogP) is 3.11. The van der Waals surface area contributed by atoms with Crippen LogP contribution in [-0.2, 0) is 4.74 Å². The molecule has 0 bridgehead atoms. The van der Waals surface area contributed by atoms with Gasteiger partial charge in [0, 0.05) is 14.1 Å².